The Labute approximate surface area is 174 Å². The second-order valence-electron chi connectivity index (χ2n) is 6.69. The van der Waals surface area contributed by atoms with Crippen LogP contribution in [0.25, 0.3) is 0 Å². The summed E-state index contributed by atoms with van der Waals surface area (Å²) >= 11 is 1.13. The van der Waals surface area contributed by atoms with Crippen LogP contribution in [0.1, 0.15) is 36.0 Å². The molecule has 1 atom stereocenters. The average molecular weight is 407 g/mol. The second-order valence-corrected chi connectivity index (χ2v) is 7.68. The van der Waals surface area contributed by atoms with Crippen LogP contribution >= 0.6 is 11.8 Å². The maximum Gasteiger partial charge on any atom is 0.316 e. The molecular formula is C23H22N2O3S. The van der Waals surface area contributed by atoms with Gasteiger partial charge in [0, 0.05) is 12.3 Å². The van der Waals surface area contributed by atoms with Crippen LogP contribution < -0.4 is 5.32 Å². The first kappa shape index (κ1) is 20.7. The molecular weight excluding hydrogens is 384 g/mol. The minimum Gasteiger partial charge on any atom is -0.460 e. The minimum absolute atomic E-state index is 0.0229. The highest BCUT2D eigenvalue weighted by Gasteiger charge is 2.29. The maximum absolute atomic E-state index is 12.2. The van der Waals surface area contributed by atoms with Crippen LogP contribution in [0.15, 0.2) is 65.2 Å². The van der Waals surface area contributed by atoms with Crippen molar-refractivity contribution in [3.05, 3.63) is 81.9 Å². The quantitative estimate of drug-likeness (QED) is 0.702. The Bertz CT molecular complexity index is 946. The van der Waals surface area contributed by atoms with Gasteiger partial charge in [-0.1, -0.05) is 73.3 Å². The zero-order chi connectivity index (χ0) is 20.6. The first-order chi connectivity index (χ1) is 14.1. The Hall–Kier alpha value is -3.04. The lowest BCUT2D eigenvalue weighted by Crippen LogP contribution is -2.31. The van der Waals surface area contributed by atoms with Crippen molar-refractivity contribution in [3.63, 3.8) is 0 Å². The highest BCUT2D eigenvalue weighted by Crippen LogP contribution is 2.36. The monoisotopic (exact) mass is 406 g/mol. The smallest absolute Gasteiger partial charge is 0.316 e. The summed E-state index contributed by atoms with van der Waals surface area (Å²) in [5.41, 5.74) is 3.52. The number of hydrogen-bond acceptors (Lipinski definition) is 5. The number of ether oxygens (including phenoxy) is 1. The third kappa shape index (κ3) is 5.49. The molecule has 0 radical (unpaired) electrons. The first-order valence-corrected chi connectivity index (χ1v) is 10.4. The predicted molar refractivity (Wildman–Crippen MR) is 113 cm³/mol. The summed E-state index contributed by atoms with van der Waals surface area (Å²) in [6, 6.07) is 19.6. The van der Waals surface area contributed by atoms with Crippen LogP contribution in [0.2, 0.25) is 0 Å². The summed E-state index contributed by atoms with van der Waals surface area (Å²) in [5.74, 6) is -0.835. The highest BCUT2D eigenvalue weighted by molar-refractivity contribution is 8.03. The van der Waals surface area contributed by atoms with E-state index in [1.165, 1.54) is 5.56 Å². The van der Waals surface area contributed by atoms with Crippen molar-refractivity contribution >= 4 is 23.6 Å². The van der Waals surface area contributed by atoms with Gasteiger partial charge in [0.05, 0.1) is 22.4 Å². The third-order valence-electron chi connectivity index (χ3n) is 4.72. The van der Waals surface area contributed by atoms with Crippen molar-refractivity contribution in [2.75, 3.05) is 5.75 Å². The Morgan fingerprint density at radius 3 is 2.55 bits per heavy atom. The number of rotatable bonds is 7. The van der Waals surface area contributed by atoms with Crippen molar-refractivity contribution in [1.82, 2.24) is 5.32 Å². The van der Waals surface area contributed by atoms with Gasteiger partial charge >= 0.3 is 5.97 Å². The number of allylic oxidation sites excluding steroid dienone is 1. The number of carbonyl (C=O) groups excluding carboxylic acids is 2. The van der Waals surface area contributed by atoms with Gasteiger partial charge in [-0.15, -0.1) is 0 Å². The highest BCUT2D eigenvalue weighted by atomic mass is 32.2. The normalized spacial score (nSPS) is 16.1. The molecule has 148 valence electrons. The van der Waals surface area contributed by atoms with Gasteiger partial charge < -0.3 is 10.1 Å². The van der Waals surface area contributed by atoms with Crippen LogP contribution in [0, 0.1) is 11.3 Å². The van der Waals surface area contributed by atoms with Gasteiger partial charge in [-0.3, -0.25) is 9.59 Å². The van der Waals surface area contributed by atoms with Gasteiger partial charge in [0.1, 0.15) is 6.61 Å². The van der Waals surface area contributed by atoms with E-state index in [9.17, 15) is 14.9 Å². The summed E-state index contributed by atoms with van der Waals surface area (Å²) in [7, 11) is 0. The molecule has 6 heteroatoms. The third-order valence-corrected chi connectivity index (χ3v) is 5.71. The Kier molecular flexibility index (Phi) is 7.09. The number of esters is 1. The standard InChI is InChI=1S/C23H22N2O3S/c1-2-16-8-10-18(11-9-16)19-12-21(26)25-23(20(19)13-24)29-15-22(27)28-14-17-6-4-3-5-7-17/h3-11,19H,2,12,14-15H2,1H3,(H,25,26). The topological polar surface area (TPSA) is 79.2 Å². The zero-order valence-electron chi connectivity index (χ0n) is 16.2. The average Bonchev–Trinajstić information content (AvgIpc) is 2.76. The van der Waals surface area contributed by atoms with Gasteiger partial charge in [0.25, 0.3) is 0 Å². The van der Waals surface area contributed by atoms with Crippen molar-refractivity contribution in [3.8, 4) is 6.07 Å². The molecule has 1 aliphatic rings. The molecule has 29 heavy (non-hydrogen) atoms. The first-order valence-electron chi connectivity index (χ1n) is 9.46. The van der Waals surface area contributed by atoms with E-state index in [0.29, 0.717) is 10.6 Å². The fourth-order valence-corrected chi connectivity index (χ4v) is 3.99. The lowest BCUT2D eigenvalue weighted by molar-refractivity contribution is -0.141. The molecule has 0 fully saturated rings. The van der Waals surface area contributed by atoms with Gasteiger partial charge in [0.2, 0.25) is 5.91 Å². The van der Waals surface area contributed by atoms with E-state index < -0.39 is 5.97 Å². The molecule has 0 aromatic heterocycles. The minimum atomic E-state index is -0.396. The van der Waals surface area contributed by atoms with Crippen molar-refractivity contribution in [2.24, 2.45) is 0 Å². The molecule has 1 N–H and O–H groups in total. The van der Waals surface area contributed by atoms with E-state index in [-0.39, 0.29) is 30.6 Å². The number of thioether (sulfide) groups is 1. The van der Waals surface area contributed by atoms with Gasteiger partial charge in [-0.25, -0.2) is 0 Å². The van der Waals surface area contributed by atoms with E-state index in [1.54, 1.807) is 0 Å². The van der Waals surface area contributed by atoms with Gasteiger partial charge in [-0.05, 0) is 23.1 Å². The van der Waals surface area contributed by atoms with Crippen molar-refractivity contribution < 1.29 is 14.3 Å². The van der Waals surface area contributed by atoms with Crippen LogP contribution in [0.4, 0.5) is 0 Å². The summed E-state index contributed by atoms with van der Waals surface area (Å²) in [6.07, 6.45) is 1.15. The Morgan fingerprint density at radius 1 is 1.17 bits per heavy atom. The number of amides is 1. The lowest BCUT2D eigenvalue weighted by Gasteiger charge is -2.25. The number of hydrogen-bond donors (Lipinski definition) is 1. The van der Waals surface area contributed by atoms with Gasteiger partial charge in [-0.2, -0.15) is 5.26 Å². The Morgan fingerprint density at radius 2 is 1.90 bits per heavy atom. The van der Waals surface area contributed by atoms with Crippen LogP contribution in [0.3, 0.4) is 0 Å². The molecule has 0 saturated carbocycles. The summed E-state index contributed by atoms with van der Waals surface area (Å²) in [5, 5.41) is 12.9. The molecule has 3 rings (SSSR count). The van der Waals surface area contributed by atoms with Crippen LogP contribution in [-0.4, -0.2) is 17.6 Å². The number of nitriles is 1. The van der Waals surface area contributed by atoms with E-state index in [1.807, 2.05) is 54.6 Å². The second kappa shape index (κ2) is 9.94. The van der Waals surface area contributed by atoms with E-state index in [4.69, 9.17) is 4.74 Å². The largest absolute Gasteiger partial charge is 0.460 e. The summed E-state index contributed by atoms with van der Waals surface area (Å²) in [6.45, 7) is 2.28. The molecule has 0 bridgehead atoms. The molecule has 1 heterocycles. The van der Waals surface area contributed by atoms with E-state index in [0.717, 1.165) is 29.3 Å². The lowest BCUT2D eigenvalue weighted by atomic mass is 9.86. The number of carbonyl (C=O) groups is 2. The zero-order valence-corrected chi connectivity index (χ0v) is 17.0. The number of nitrogens with one attached hydrogen (secondary N) is 1. The van der Waals surface area contributed by atoms with Crippen molar-refractivity contribution in [2.45, 2.75) is 32.3 Å². The van der Waals surface area contributed by atoms with Gasteiger partial charge in [0.15, 0.2) is 0 Å². The Balaban J connectivity index is 1.68. The molecule has 2 aromatic rings. The maximum atomic E-state index is 12.2. The van der Waals surface area contributed by atoms with E-state index in [2.05, 4.69) is 18.3 Å². The number of benzene rings is 2. The summed E-state index contributed by atoms with van der Waals surface area (Å²) < 4.78 is 5.27. The SMILES string of the molecule is CCc1ccc(C2CC(=O)NC(SCC(=O)OCc3ccccc3)=C2C#N)cc1. The molecule has 0 spiro atoms. The fraction of sp³-hybridized carbons (Fsp3) is 0.261. The number of nitrogens with zero attached hydrogens (tertiary/aromatic N) is 1. The van der Waals surface area contributed by atoms with Crippen molar-refractivity contribution in [1.29, 1.82) is 5.26 Å². The molecule has 1 unspecified atom stereocenters. The fourth-order valence-electron chi connectivity index (χ4n) is 3.11. The van der Waals surface area contributed by atoms with Crippen LogP contribution in [-0.2, 0) is 27.4 Å². The van der Waals surface area contributed by atoms with Crippen LogP contribution in [0.5, 0.6) is 0 Å². The molecule has 1 amide bonds. The molecule has 0 aliphatic carbocycles. The molecule has 0 saturated heterocycles. The molecule has 2 aromatic carbocycles. The molecule has 1 aliphatic heterocycles. The molecule has 5 nitrogen and oxygen atoms in total. The summed E-state index contributed by atoms with van der Waals surface area (Å²) in [4.78, 5) is 24.3. The van der Waals surface area contributed by atoms with E-state index >= 15 is 0 Å². The predicted octanol–water partition coefficient (Wildman–Crippen LogP) is 4.06. The number of aryl methyl sites for hydroxylation is 1.